The van der Waals surface area contributed by atoms with Crippen LogP contribution in [0.5, 0.6) is 0 Å². The Balaban J connectivity index is 0.000000309. The Labute approximate surface area is 274 Å². The first-order valence-corrected chi connectivity index (χ1v) is 17.3. The van der Waals surface area contributed by atoms with Crippen molar-refractivity contribution in [1.82, 2.24) is 0 Å². The molecule has 0 aromatic heterocycles. The van der Waals surface area contributed by atoms with Crippen LogP contribution in [0.25, 0.3) is 0 Å². The number of rotatable bonds is 5. The number of hydrogen-bond donors (Lipinski definition) is 0. The molecule has 0 amide bonds. The average Bonchev–Trinajstić information content (AvgIpc) is 3.51. The third-order valence-corrected chi connectivity index (χ3v) is 11.1. The van der Waals surface area contributed by atoms with Crippen molar-refractivity contribution in [3.8, 4) is 0 Å². The van der Waals surface area contributed by atoms with Crippen LogP contribution in [-0.2, 0) is 20.9 Å². The van der Waals surface area contributed by atoms with Gasteiger partial charge in [0.05, 0.1) is 10.3 Å². The first-order valence-electron chi connectivity index (χ1n) is 15.5. The third-order valence-electron chi connectivity index (χ3n) is 9.66. The predicted molar refractivity (Wildman–Crippen MR) is 185 cm³/mol. The Morgan fingerprint density at radius 1 is 0.933 bits per heavy atom. The fourth-order valence-corrected chi connectivity index (χ4v) is 7.86. The number of fused-ring (bicyclic) bond motifs is 2. The Bertz CT molecular complexity index is 1850. The minimum atomic E-state index is -4.27. The second-order valence-corrected chi connectivity index (χ2v) is 15.1. The highest BCUT2D eigenvalue weighted by Crippen LogP contribution is 2.48. The molecule has 45 heavy (non-hydrogen) atoms. The van der Waals surface area contributed by atoms with Crippen LogP contribution in [0.4, 0.5) is 11.4 Å². The number of aryl methyl sites for hydroxylation is 1. The average molecular weight is 643 g/mol. The summed E-state index contributed by atoms with van der Waals surface area (Å²) in [6, 6.07) is 23.3. The number of nitrogens with zero attached hydrogens (tertiary/aromatic N) is 2. The van der Waals surface area contributed by atoms with Crippen molar-refractivity contribution in [2.45, 2.75) is 69.6 Å². The summed E-state index contributed by atoms with van der Waals surface area (Å²) in [4.78, 5) is 2.18. The van der Waals surface area contributed by atoms with Crippen molar-refractivity contribution in [1.29, 1.82) is 0 Å². The maximum atomic E-state index is 10.4. The summed E-state index contributed by atoms with van der Waals surface area (Å²) in [6.07, 6.45) is 10.2. The monoisotopic (exact) mass is 642 g/mol. The van der Waals surface area contributed by atoms with Gasteiger partial charge in [-0.25, -0.2) is 8.42 Å². The largest absolute Gasteiger partial charge is 0.744 e. The lowest BCUT2D eigenvalue weighted by Crippen LogP contribution is -2.26. The first-order chi connectivity index (χ1) is 21.1. The quantitative estimate of drug-likeness (QED) is 0.206. The van der Waals surface area contributed by atoms with Crippen LogP contribution in [0.3, 0.4) is 0 Å². The maximum Gasteiger partial charge on any atom is 0.209 e. The SMILES string of the molecule is CN1/C(=C/CC2CCC(/C=C/C3=[N+](C)c4ccccc4C3(C)C)=C2Cl)C(C)(C)c2ccccc21.Cc1ccc(S(=O)(=O)[O-])cc1. The van der Waals surface area contributed by atoms with Gasteiger partial charge in [-0.1, -0.05) is 91.7 Å². The fraction of sp³-hybridized carbons (Fsp3) is 0.342. The molecule has 1 aliphatic carbocycles. The number of likely N-dealkylation sites (N-methyl/N-ethyl adjacent to an activating group) is 1. The number of halogens is 1. The summed E-state index contributed by atoms with van der Waals surface area (Å²) < 4.78 is 33.5. The molecule has 1 unspecified atom stereocenters. The third kappa shape index (κ3) is 6.33. The summed E-state index contributed by atoms with van der Waals surface area (Å²) in [5.74, 6) is 0.401. The summed E-state index contributed by atoms with van der Waals surface area (Å²) in [5, 5.41) is 1.04. The highest BCUT2D eigenvalue weighted by atomic mass is 35.5. The number of benzene rings is 3. The predicted octanol–water partition coefficient (Wildman–Crippen LogP) is 8.75. The molecule has 0 saturated heterocycles. The molecule has 2 heterocycles. The first kappa shape index (κ1) is 32.9. The molecular formula is C38H43ClN2O3S. The van der Waals surface area contributed by atoms with E-state index in [0.29, 0.717) is 5.92 Å². The van der Waals surface area contributed by atoms with Crippen molar-refractivity contribution in [3.05, 3.63) is 124 Å². The minimum absolute atomic E-state index is 0.00898. The van der Waals surface area contributed by atoms with E-state index in [2.05, 4.69) is 118 Å². The summed E-state index contributed by atoms with van der Waals surface area (Å²) in [5.41, 5.74) is 10.3. The smallest absolute Gasteiger partial charge is 0.209 e. The molecule has 0 saturated carbocycles. The zero-order valence-corrected chi connectivity index (χ0v) is 28.8. The van der Waals surface area contributed by atoms with E-state index in [4.69, 9.17) is 11.6 Å². The summed E-state index contributed by atoms with van der Waals surface area (Å²) in [6.45, 7) is 11.1. The molecule has 5 nitrogen and oxygen atoms in total. The van der Waals surface area contributed by atoms with Crippen LogP contribution in [0.2, 0.25) is 0 Å². The van der Waals surface area contributed by atoms with Gasteiger partial charge in [-0.15, -0.1) is 0 Å². The van der Waals surface area contributed by atoms with Gasteiger partial charge < -0.3 is 9.45 Å². The van der Waals surface area contributed by atoms with E-state index in [9.17, 15) is 13.0 Å². The van der Waals surface area contributed by atoms with Gasteiger partial charge in [-0.3, -0.25) is 0 Å². The molecule has 7 heteroatoms. The minimum Gasteiger partial charge on any atom is -0.744 e. The lowest BCUT2D eigenvalue weighted by atomic mass is 9.81. The zero-order valence-electron chi connectivity index (χ0n) is 27.3. The molecule has 0 radical (unpaired) electrons. The molecule has 0 bridgehead atoms. The molecule has 3 aromatic rings. The van der Waals surface area contributed by atoms with Gasteiger partial charge in [0.25, 0.3) is 0 Å². The fourth-order valence-electron chi connectivity index (χ4n) is 7.04. The number of anilines is 1. The van der Waals surface area contributed by atoms with Crippen molar-refractivity contribution >= 4 is 38.8 Å². The van der Waals surface area contributed by atoms with Gasteiger partial charge in [0.15, 0.2) is 5.71 Å². The lowest BCUT2D eigenvalue weighted by Gasteiger charge is -2.25. The zero-order chi connectivity index (χ0) is 32.7. The molecule has 1 atom stereocenters. The molecular weight excluding hydrogens is 600 g/mol. The second kappa shape index (κ2) is 12.4. The van der Waals surface area contributed by atoms with Crippen LogP contribution in [-0.4, -0.2) is 37.4 Å². The highest BCUT2D eigenvalue weighted by molar-refractivity contribution is 7.85. The lowest BCUT2D eigenvalue weighted by molar-refractivity contribution is -0.401. The normalized spacial score (nSPS) is 21.0. The molecule has 6 rings (SSSR count). The van der Waals surface area contributed by atoms with Gasteiger partial charge in [-0.05, 0) is 75.3 Å². The molecule has 0 N–H and O–H groups in total. The Kier molecular flexibility index (Phi) is 9.07. The second-order valence-electron chi connectivity index (χ2n) is 13.3. The highest BCUT2D eigenvalue weighted by Gasteiger charge is 2.43. The van der Waals surface area contributed by atoms with Gasteiger partial charge >= 0.3 is 0 Å². The van der Waals surface area contributed by atoms with Crippen molar-refractivity contribution in [3.63, 3.8) is 0 Å². The van der Waals surface area contributed by atoms with E-state index < -0.39 is 10.1 Å². The Morgan fingerprint density at radius 3 is 2.18 bits per heavy atom. The number of para-hydroxylation sites is 2. The van der Waals surface area contributed by atoms with E-state index in [0.717, 1.165) is 29.9 Å². The standard InChI is InChI=1S/C31H36ClN2.C7H8O3S/c1-30(2)23-11-7-9-13-25(23)33(5)27(30)19-17-21-15-16-22(29(21)32)18-20-28-31(3,4)24-12-8-10-14-26(24)34(28)6;1-6-2-4-7(5-3-6)11(8,9)10/h7-14,17,19-20,22H,15-16,18H2,1-6H3;2-5H,1H3,(H,8,9,10)/q+1;/p-1/b19-17+,28-20+;. The van der Waals surface area contributed by atoms with Crippen molar-refractivity contribution < 1.29 is 17.5 Å². The van der Waals surface area contributed by atoms with E-state index in [-0.39, 0.29) is 15.7 Å². The number of allylic oxidation sites excluding steroid dienone is 6. The van der Waals surface area contributed by atoms with E-state index in [1.807, 2.05) is 6.92 Å². The molecule has 3 aliphatic rings. The van der Waals surface area contributed by atoms with E-state index in [1.165, 1.54) is 51.6 Å². The van der Waals surface area contributed by atoms with E-state index >= 15 is 0 Å². The molecule has 0 fully saturated rings. The number of hydrogen-bond acceptors (Lipinski definition) is 4. The Morgan fingerprint density at radius 2 is 1.56 bits per heavy atom. The van der Waals surface area contributed by atoms with Crippen LogP contribution < -0.4 is 4.90 Å². The molecule has 3 aromatic carbocycles. The van der Waals surface area contributed by atoms with Crippen molar-refractivity contribution in [2.75, 3.05) is 19.0 Å². The summed E-state index contributed by atoms with van der Waals surface area (Å²) in [7, 11) is 0.0910. The topological polar surface area (TPSA) is 63.5 Å². The van der Waals surface area contributed by atoms with Gasteiger partial charge in [-0.2, -0.15) is 4.58 Å². The van der Waals surface area contributed by atoms with Crippen LogP contribution >= 0.6 is 11.6 Å². The van der Waals surface area contributed by atoms with Crippen LogP contribution in [0.15, 0.2) is 112 Å². The van der Waals surface area contributed by atoms with Crippen molar-refractivity contribution in [2.24, 2.45) is 5.92 Å². The van der Waals surface area contributed by atoms with Gasteiger partial charge in [0, 0.05) is 46.6 Å². The van der Waals surface area contributed by atoms with Crippen LogP contribution in [0.1, 0.15) is 63.6 Å². The van der Waals surface area contributed by atoms with Crippen LogP contribution in [0, 0.1) is 12.8 Å². The maximum absolute atomic E-state index is 10.4. The van der Waals surface area contributed by atoms with Gasteiger partial charge in [0.1, 0.15) is 17.2 Å². The van der Waals surface area contributed by atoms with Gasteiger partial charge in [0.2, 0.25) is 5.69 Å². The Hall–Kier alpha value is -3.45. The molecule has 236 valence electrons. The molecule has 0 spiro atoms. The van der Waals surface area contributed by atoms with E-state index in [1.54, 1.807) is 12.1 Å². The summed E-state index contributed by atoms with van der Waals surface area (Å²) >= 11 is 6.97. The molecule has 2 aliphatic heterocycles.